The molecule has 102 valence electrons. The number of aliphatic hydroxyl groups is 1. The van der Waals surface area contributed by atoms with Crippen LogP contribution in [0.4, 0.5) is 8.78 Å². The molecule has 0 radical (unpaired) electrons. The van der Waals surface area contributed by atoms with E-state index in [0.717, 1.165) is 0 Å². The highest BCUT2D eigenvalue weighted by atomic mass is 19.1. The number of aryl methyl sites for hydroxylation is 1. The summed E-state index contributed by atoms with van der Waals surface area (Å²) < 4.78 is 27.7. The molecule has 0 spiro atoms. The molecule has 0 aliphatic heterocycles. The predicted molar refractivity (Wildman–Crippen MR) is 68.4 cm³/mol. The molecular formula is C14H21F2NO. The summed E-state index contributed by atoms with van der Waals surface area (Å²) in [4.78, 5) is 0. The Bertz CT molecular complexity index is 436. The Morgan fingerprint density at radius 2 is 1.72 bits per heavy atom. The van der Waals surface area contributed by atoms with E-state index in [1.165, 1.54) is 19.1 Å². The van der Waals surface area contributed by atoms with Crippen molar-refractivity contribution < 1.29 is 13.9 Å². The van der Waals surface area contributed by atoms with Gasteiger partial charge in [-0.25, -0.2) is 8.78 Å². The van der Waals surface area contributed by atoms with E-state index in [1.807, 2.05) is 20.8 Å². The second kappa shape index (κ2) is 4.94. The molecule has 2 nitrogen and oxygen atoms in total. The maximum atomic E-state index is 14.0. The standard InChI is InChI=1S/C14H21F2NO/c1-9-6-7-10(15)11(12(9)16)14(5,18)8-17-13(2,3)4/h6-7,17-18H,8H2,1-5H3. The van der Waals surface area contributed by atoms with Gasteiger partial charge in [0.05, 0.1) is 5.56 Å². The lowest BCUT2D eigenvalue weighted by molar-refractivity contribution is 0.0427. The van der Waals surface area contributed by atoms with Gasteiger partial charge in [0.2, 0.25) is 0 Å². The number of hydrogen-bond donors (Lipinski definition) is 2. The zero-order valence-corrected chi connectivity index (χ0v) is 11.6. The molecule has 0 amide bonds. The van der Waals surface area contributed by atoms with Gasteiger partial charge in [0.25, 0.3) is 0 Å². The summed E-state index contributed by atoms with van der Waals surface area (Å²) >= 11 is 0. The first-order valence-corrected chi connectivity index (χ1v) is 5.97. The molecule has 0 aliphatic rings. The quantitative estimate of drug-likeness (QED) is 0.872. The van der Waals surface area contributed by atoms with Crippen molar-refractivity contribution in [1.82, 2.24) is 5.32 Å². The highest BCUT2D eigenvalue weighted by Crippen LogP contribution is 2.28. The number of benzene rings is 1. The lowest BCUT2D eigenvalue weighted by atomic mass is 9.92. The van der Waals surface area contributed by atoms with Crippen molar-refractivity contribution >= 4 is 0 Å². The summed E-state index contributed by atoms with van der Waals surface area (Å²) in [7, 11) is 0. The summed E-state index contributed by atoms with van der Waals surface area (Å²) in [5, 5.41) is 13.3. The Kier molecular flexibility index (Phi) is 4.13. The summed E-state index contributed by atoms with van der Waals surface area (Å²) in [6.45, 7) is 8.80. The van der Waals surface area contributed by atoms with Crippen LogP contribution in [0.2, 0.25) is 0 Å². The minimum atomic E-state index is -1.59. The predicted octanol–water partition coefficient (Wildman–Crippen LogP) is 2.87. The Balaban J connectivity index is 3.08. The zero-order valence-electron chi connectivity index (χ0n) is 11.6. The van der Waals surface area contributed by atoms with Crippen molar-refractivity contribution in [3.05, 3.63) is 34.9 Å². The van der Waals surface area contributed by atoms with E-state index >= 15 is 0 Å². The molecule has 0 saturated heterocycles. The summed E-state index contributed by atoms with van der Waals surface area (Å²) in [6.07, 6.45) is 0. The van der Waals surface area contributed by atoms with Gasteiger partial charge in [0.15, 0.2) is 0 Å². The van der Waals surface area contributed by atoms with Gasteiger partial charge in [-0.3, -0.25) is 0 Å². The molecule has 18 heavy (non-hydrogen) atoms. The van der Waals surface area contributed by atoms with Crippen molar-refractivity contribution in [2.75, 3.05) is 6.54 Å². The van der Waals surface area contributed by atoms with Gasteiger partial charge in [-0.05, 0) is 46.2 Å². The second-order valence-corrected chi connectivity index (χ2v) is 5.93. The molecule has 0 aliphatic carbocycles. The number of hydrogen-bond acceptors (Lipinski definition) is 2. The van der Waals surface area contributed by atoms with E-state index in [1.54, 1.807) is 6.92 Å². The summed E-state index contributed by atoms with van der Waals surface area (Å²) in [5.41, 5.74) is -1.78. The Morgan fingerprint density at radius 3 is 2.22 bits per heavy atom. The van der Waals surface area contributed by atoms with Crippen molar-refractivity contribution in [3.63, 3.8) is 0 Å². The van der Waals surface area contributed by atoms with E-state index < -0.39 is 17.2 Å². The molecule has 0 fully saturated rings. The maximum absolute atomic E-state index is 14.0. The first-order chi connectivity index (χ1) is 8.04. The van der Waals surface area contributed by atoms with Crippen molar-refractivity contribution in [2.45, 2.75) is 45.8 Å². The van der Waals surface area contributed by atoms with Crippen LogP contribution in [0.15, 0.2) is 12.1 Å². The van der Waals surface area contributed by atoms with Crippen LogP contribution in [0.3, 0.4) is 0 Å². The summed E-state index contributed by atoms with van der Waals surface area (Å²) in [5.74, 6) is -1.41. The third kappa shape index (κ3) is 3.50. The molecule has 0 aromatic heterocycles. The second-order valence-electron chi connectivity index (χ2n) is 5.93. The van der Waals surface area contributed by atoms with Crippen LogP contribution in [-0.2, 0) is 5.60 Å². The van der Waals surface area contributed by atoms with Gasteiger partial charge in [0.1, 0.15) is 17.2 Å². The van der Waals surface area contributed by atoms with E-state index in [4.69, 9.17) is 0 Å². The number of halogens is 2. The van der Waals surface area contributed by atoms with Crippen molar-refractivity contribution in [2.24, 2.45) is 0 Å². The molecule has 1 rings (SSSR count). The Labute approximate surface area is 107 Å². The third-order valence-electron chi connectivity index (χ3n) is 2.79. The van der Waals surface area contributed by atoms with Crippen molar-refractivity contribution in [1.29, 1.82) is 0 Å². The van der Waals surface area contributed by atoms with Crippen LogP contribution in [-0.4, -0.2) is 17.2 Å². The van der Waals surface area contributed by atoms with E-state index in [9.17, 15) is 13.9 Å². The van der Waals surface area contributed by atoms with Gasteiger partial charge in [-0.2, -0.15) is 0 Å². The average molecular weight is 257 g/mol. The zero-order chi connectivity index (χ0) is 14.1. The van der Waals surface area contributed by atoms with Gasteiger partial charge < -0.3 is 10.4 Å². The molecule has 1 unspecified atom stereocenters. The molecule has 0 heterocycles. The topological polar surface area (TPSA) is 32.3 Å². The molecule has 4 heteroatoms. The Hall–Kier alpha value is -1.00. The fraction of sp³-hybridized carbons (Fsp3) is 0.571. The first kappa shape index (κ1) is 15.1. The average Bonchev–Trinajstić information content (AvgIpc) is 2.20. The highest BCUT2D eigenvalue weighted by molar-refractivity contribution is 5.31. The van der Waals surface area contributed by atoms with Crippen molar-refractivity contribution in [3.8, 4) is 0 Å². The molecule has 0 saturated carbocycles. The molecule has 0 bridgehead atoms. The van der Waals surface area contributed by atoms with E-state index in [0.29, 0.717) is 5.56 Å². The smallest absolute Gasteiger partial charge is 0.135 e. The van der Waals surface area contributed by atoms with E-state index in [2.05, 4.69) is 5.32 Å². The maximum Gasteiger partial charge on any atom is 0.135 e. The molecule has 1 atom stereocenters. The fourth-order valence-corrected chi connectivity index (χ4v) is 1.68. The lowest BCUT2D eigenvalue weighted by Gasteiger charge is -2.30. The normalized spacial score (nSPS) is 15.6. The van der Waals surface area contributed by atoms with Crippen LogP contribution in [0.1, 0.15) is 38.8 Å². The van der Waals surface area contributed by atoms with Crippen LogP contribution in [0.25, 0.3) is 0 Å². The van der Waals surface area contributed by atoms with Crippen LogP contribution in [0, 0.1) is 18.6 Å². The molecular weight excluding hydrogens is 236 g/mol. The fourth-order valence-electron chi connectivity index (χ4n) is 1.68. The van der Waals surface area contributed by atoms with Crippen LogP contribution in [0.5, 0.6) is 0 Å². The minimum Gasteiger partial charge on any atom is -0.384 e. The highest BCUT2D eigenvalue weighted by Gasteiger charge is 2.31. The monoisotopic (exact) mass is 257 g/mol. The number of rotatable bonds is 3. The first-order valence-electron chi connectivity index (χ1n) is 5.97. The Morgan fingerprint density at radius 1 is 1.17 bits per heavy atom. The van der Waals surface area contributed by atoms with Gasteiger partial charge in [-0.1, -0.05) is 6.07 Å². The summed E-state index contributed by atoms with van der Waals surface area (Å²) in [6, 6.07) is 2.54. The van der Waals surface area contributed by atoms with Gasteiger partial charge in [-0.15, -0.1) is 0 Å². The minimum absolute atomic E-state index is 0.0772. The lowest BCUT2D eigenvalue weighted by Crippen LogP contribution is -2.45. The van der Waals surface area contributed by atoms with Gasteiger partial charge in [0, 0.05) is 12.1 Å². The van der Waals surface area contributed by atoms with Gasteiger partial charge >= 0.3 is 0 Å². The third-order valence-corrected chi connectivity index (χ3v) is 2.79. The molecule has 1 aromatic carbocycles. The number of β-amino-alcohol motifs (C(OH)–C–C–N with tert-alkyl or cyclic N) is 1. The van der Waals surface area contributed by atoms with Crippen LogP contribution < -0.4 is 5.32 Å². The van der Waals surface area contributed by atoms with E-state index in [-0.39, 0.29) is 17.6 Å². The SMILES string of the molecule is Cc1ccc(F)c(C(C)(O)CNC(C)(C)C)c1F. The molecule has 1 aromatic rings. The molecule has 2 N–H and O–H groups in total. The number of nitrogens with one attached hydrogen (secondary N) is 1. The van der Waals surface area contributed by atoms with Crippen LogP contribution >= 0.6 is 0 Å². The largest absolute Gasteiger partial charge is 0.384 e.